The number of hydrogen-bond donors (Lipinski definition) is 0. The Kier molecular flexibility index (Phi) is 3.88. The van der Waals surface area contributed by atoms with Crippen molar-refractivity contribution in [1.29, 1.82) is 0 Å². The van der Waals surface area contributed by atoms with E-state index in [0.29, 0.717) is 0 Å². The van der Waals surface area contributed by atoms with Gasteiger partial charge < -0.3 is 0 Å². The smallest absolute Gasteiger partial charge is 0.267 e. The summed E-state index contributed by atoms with van der Waals surface area (Å²) in [7, 11) is -3.59. The molecule has 0 aromatic heterocycles. The van der Waals surface area contributed by atoms with E-state index in [9.17, 15) is 8.42 Å². The highest BCUT2D eigenvalue weighted by Crippen LogP contribution is 2.24. The molecule has 0 N–H and O–H groups in total. The molecule has 0 saturated carbocycles. The van der Waals surface area contributed by atoms with Crippen molar-refractivity contribution in [2.75, 3.05) is 6.61 Å². The maximum Gasteiger partial charge on any atom is 0.297 e. The van der Waals surface area contributed by atoms with E-state index < -0.39 is 10.1 Å². The van der Waals surface area contributed by atoms with Crippen LogP contribution in [0.4, 0.5) is 0 Å². The predicted molar refractivity (Wildman–Crippen MR) is 59.3 cm³/mol. The molecule has 0 fully saturated rings. The molecule has 0 spiro atoms. The van der Waals surface area contributed by atoms with Crippen LogP contribution in [0, 0.1) is 0 Å². The molecule has 0 amide bonds. The number of rotatable bonds is 4. The van der Waals surface area contributed by atoms with E-state index in [0.717, 1.165) is 5.56 Å². The molecule has 0 aliphatic heterocycles. The first kappa shape index (κ1) is 12.2. The molecule has 1 aromatic rings. The monoisotopic (exact) mass is 228 g/mol. The summed E-state index contributed by atoms with van der Waals surface area (Å²) in [6, 6.07) is 6.94. The molecule has 0 aliphatic rings. The SMILES string of the molecule is CCOS(=O)(=O)c1ccccc1C(C)C. The second-order valence-electron chi connectivity index (χ2n) is 3.55. The van der Waals surface area contributed by atoms with E-state index >= 15 is 0 Å². The summed E-state index contributed by atoms with van der Waals surface area (Å²) in [5, 5.41) is 0. The van der Waals surface area contributed by atoms with Gasteiger partial charge >= 0.3 is 0 Å². The van der Waals surface area contributed by atoms with Crippen LogP contribution in [-0.2, 0) is 14.3 Å². The van der Waals surface area contributed by atoms with Gasteiger partial charge in [0.2, 0.25) is 0 Å². The van der Waals surface area contributed by atoms with E-state index in [1.54, 1.807) is 19.1 Å². The standard InChI is InChI=1S/C11H16O3S/c1-4-14-15(12,13)11-8-6-5-7-10(11)9(2)3/h5-9H,4H2,1-3H3. The summed E-state index contributed by atoms with van der Waals surface area (Å²) in [5.74, 6) is 0.163. The van der Waals surface area contributed by atoms with Crippen LogP contribution in [-0.4, -0.2) is 15.0 Å². The van der Waals surface area contributed by atoms with Gasteiger partial charge in [-0.3, -0.25) is 4.18 Å². The minimum absolute atomic E-state index is 0.161. The molecule has 0 atom stereocenters. The van der Waals surface area contributed by atoms with Gasteiger partial charge in [0.25, 0.3) is 10.1 Å². The number of benzene rings is 1. The molecule has 84 valence electrons. The average molecular weight is 228 g/mol. The molecule has 15 heavy (non-hydrogen) atoms. The minimum atomic E-state index is -3.59. The van der Waals surface area contributed by atoms with Gasteiger partial charge in [-0.15, -0.1) is 0 Å². The lowest BCUT2D eigenvalue weighted by atomic mass is 10.0. The zero-order chi connectivity index (χ0) is 11.5. The fourth-order valence-corrected chi connectivity index (χ4v) is 2.68. The van der Waals surface area contributed by atoms with Gasteiger partial charge in [-0.05, 0) is 24.5 Å². The first-order chi connectivity index (χ1) is 6.99. The molecular weight excluding hydrogens is 212 g/mol. The van der Waals surface area contributed by atoms with Crippen molar-refractivity contribution in [3.8, 4) is 0 Å². The first-order valence-corrected chi connectivity index (χ1v) is 6.38. The van der Waals surface area contributed by atoms with Crippen molar-refractivity contribution in [3.05, 3.63) is 29.8 Å². The Hall–Kier alpha value is -0.870. The van der Waals surface area contributed by atoms with E-state index in [1.165, 1.54) is 0 Å². The third-order valence-corrected chi connectivity index (χ3v) is 3.54. The Morgan fingerprint density at radius 3 is 2.40 bits per heavy atom. The van der Waals surface area contributed by atoms with Crippen molar-refractivity contribution < 1.29 is 12.6 Å². The van der Waals surface area contributed by atoms with E-state index in [4.69, 9.17) is 4.18 Å². The van der Waals surface area contributed by atoms with Gasteiger partial charge in [0, 0.05) is 0 Å². The van der Waals surface area contributed by atoms with Gasteiger partial charge in [-0.1, -0.05) is 32.0 Å². The largest absolute Gasteiger partial charge is 0.297 e. The Morgan fingerprint density at radius 2 is 1.87 bits per heavy atom. The van der Waals surface area contributed by atoms with Crippen LogP contribution < -0.4 is 0 Å². The zero-order valence-electron chi connectivity index (χ0n) is 9.23. The Morgan fingerprint density at radius 1 is 1.27 bits per heavy atom. The van der Waals surface area contributed by atoms with Gasteiger partial charge in [0.05, 0.1) is 11.5 Å². The molecule has 0 saturated heterocycles. The van der Waals surface area contributed by atoms with Crippen molar-refractivity contribution in [1.82, 2.24) is 0 Å². The van der Waals surface area contributed by atoms with Crippen LogP contribution in [0.5, 0.6) is 0 Å². The quantitative estimate of drug-likeness (QED) is 0.744. The van der Waals surface area contributed by atoms with E-state index in [2.05, 4.69) is 0 Å². The Balaban J connectivity index is 3.25. The molecule has 0 radical (unpaired) electrons. The Bertz CT molecular complexity index is 421. The summed E-state index contributed by atoms with van der Waals surface area (Å²) in [4.78, 5) is 0.279. The third kappa shape index (κ3) is 2.79. The van der Waals surface area contributed by atoms with Crippen LogP contribution in [0.3, 0.4) is 0 Å². The average Bonchev–Trinajstić information content (AvgIpc) is 2.17. The lowest BCUT2D eigenvalue weighted by Crippen LogP contribution is -2.09. The van der Waals surface area contributed by atoms with Crippen LogP contribution in [0.2, 0.25) is 0 Å². The molecule has 0 bridgehead atoms. The normalized spacial score (nSPS) is 12.0. The Labute approximate surface area is 91.2 Å². The van der Waals surface area contributed by atoms with Gasteiger partial charge in [-0.2, -0.15) is 8.42 Å². The topological polar surface area (TPSA) is 43.4 Å². The lowest BCUT2D eigenvalue weighted by Gasteiger charge is -2.12. The second-order valence-corrected chi connectivity index (χ2v) is 5.14. The van der Waals surface area contributed by atoms with Crippen molar-refractivity contribution >= 4 is 10.1 Å². The van der Waals surface area contributed by atoms with Crippen LogP contribution in [0.25, 0.3) is 0 Å². The maximum absolute atomic E-state index is 11.7. The fourth-order valence-electron chi connectivity index (χ4n) is 1.40. The lowest BCUT2D eigenvalue weighted by molar-refractivity contribution is 0.337. The van der Waals surface area contributed by atoms with Crippen molar-refractivity contribution in [2.24, 2.45) is 0 Å². The maximum atomic E-state index is 11.7. The van der Waals surface area contributed by atoms with Gasteiger partial charge in [0.1, 0.15) is 0 Å². The summed E-state index contributed by atoms with van der Waals surface area (Å²) >= 11 is 0. The summed E-state index contributed by atoms with van der Waals surface area (Å²) in [6.45, 7) is 5.74. The van der Waals surface area contributed by atoms with Crippen molar-refractivity contribution in [2.45, 2.75) is 31.6 Å². The summed E-state index contributed by atoms with van der Waals surface area (Å²) < 4.78 is 28.2. The minimum Gasteiger partial charge on any atom is -0.267 e. The molecule has 4 heteroatoms. The van der Waals surface area contributed by atoms with Crippen LogP contribution in [0.1, 0.15) is 32.3 Å². The van der Waals surface area contributed by atoms with Crippen LogP contribution >= 0.6 is 0 Å². The molecule has 0 unspecified atom stereocenters. The molecule has 0 heterocycles. The molecule has 1 aromatic carbocycles. The second kappa shape index (κ2) is 4.77. The third-order valence-electron chi connectivity index (χ3n) is 2.08. The fraction of sp³-hybridized carbons (Fsp3) is 0.455. The van der Waals surface area contributed by atoms with Crippen molar-refractivity contribution in [3.63, 3.8) is 0 Å². The summed E-state index contributed by atoms with van der Waals surface area (Å²) in [6.07, 6.45) is 0. The number of hydrogen-bond acceptors (Lipinski definition) is 3. The molecule has 1 rings (SSSR count). The van der Waals surface area contributed by atoms with Gasteiger partial charge in [0.15, 0.2) is 0 Å². The highest BCUT2D eigenvalue weighted by atomic mass is 32.2. The first-order valence-electron chi connectivity index (χ1n) is 4.97. The summed E-state index contributed by atoms with van der Waals surface area (Å²) in [5.41, 5.74) is 0.797. The van der Waals surface area contributed by atoms with E-state index in [1.807, 2.05) is 26.0 Å². The molecular formula is C11H16O3S. The van der Waals surface area contributed by atoms with Crippen LogP contribution in [0.15, 0.2) is 29.2 Å². The highest BCUT2D eigenvalue weighted by molar-refractivity contribution is 7.86. The van der Waals surface area contributed by atoms with Gasteiger partial charge in [-0.25, -0.2) is 0 Å². The predicted octanol–water partition coefficient (Wildman–Crippen LogP) is 2.54. The molecule has 3 nitrogen and oxygen atoms in total. The highest BCUT2D eigenvalue weighted by Gasteiger charge is 2.19. The molecule has 0 aliphatic carbocycles. The zero-order valence-corrected chi connectivity index (χ0v) is 10.0. The van der Waals surface area contributed by atoms with E-state index in [-0.39, 0.29) is 17.4 Å².